The van der Waals surface area contributed by atoms with Crippen LogP contribution in [0.1, 0.15) is 18.6 Å². The van der Waals surface area contributed by atoms with Crippen molar-refractivity contribution in [2.45, 2.75) is 26.5 Å². The molecular formula is C20H23NO4. The molecule has 0 aromatic heterocycles. The molecule has 25 heavy (non-hydrogen) atoms. The lowest BCUT2D eigenvalue weighted by molar-refractivity contribution is -0.134. The Labute approximate surface area is 148 Å². The van der Waals surface area contributed by atoms with E-state index in [4.69, 9.17) is 9.47 Å². The number of amides is 2. The average molecular weight is 341 g/mol. The molecule has 1 saturated heterocycles. The molecule has 2 amide bonds. The number of rotatable bonds is 6. The summed E-state index contributed by atoms with van der Waals surface area (Å²) < 4.78 is 10.5. The zero-order valence-electron chi connectivity index (χ0n) is 13.3. The summed E-state index contributed by atoms with van der Waals surface area (Å²) in [6, 6.07) is 19.0. The molecule has 0 bridgehead atoms. The van der Waals surface area contributed by atoms with Gasteiger partial charge in [-0.05, 0) is 17.5 Å². The van der Waals surface area contributed by atoms with Crippen LogP contribution in [0, 0.1) is 0 Å². The number of benzene rings is 2. The van der Waals surface area contributed by atoms with Crippen LogP contribution in [0.5, 0.6) is 0 Å². The Morgan fingerprint density at radius 1 is 1.04 bits per heavy atom. The minimum atomic E-state index is -0.593. The molecule has 1 aliphatic rings. The van der Waals surface area contributed by atoms with Crippen molar-refractivity contribution in [3.8, 4) is 0 Å². The van der Waals surface area contributed by atoms with Crippen LogP contribution in [0.15, 0.2) is 60.7 Å². The van der Waals surface area contributed by atoms with Crippen LogP contribution in [0.4, 0.5) is 4.79 Å². The average Bonchev–Trinajstić information content (AvgIpc) is 2.97. The van der Waals surface area contributed by atoms with E-state index < -0.39 is 6.09 Å². The molecule has 0 aliphatic carbocycles. The molecule has 1 heterocycles. The van der Waals surface area contributed by atoms with Gasteiger partial charge in [-0.1, -0.05) is 68.1 Å². The maximum atomic E-state index is 12.3. The Kier molecular flexibility index (Phi) is 6.71. The lowest BCUT2D eigenvalue weighted by Crippen LogP contribution is -2.42. The zero-order valence-corrected chi connectivity index (χ0v) is 13.3. The summed E-state index contributed by atoms with van der Waals surface area (Å²) in [7, 11) is 0. The Bertz CT molecular complexity index is 687. The third-order valence-corrected chi connectivity index (χ3v) is 3.88. The third kappa shape index (κ3) is 4.90. The molecule has 5 nitrogen and oxygen atoms in total. The molecule has 0 saturated carbocycles. The minimum Gasteiger partial charge on any atom is -0.447 e. The summed E-state index contributed by atoms with van der Waals surface area (Å²) in [4.78, 5) is 25.4. The number of imide groups is 1. The van der Waals surface area contributed by atoms with Crippen LogP contribution in [-0.4, -0.2) is 36.2 Å². The van der Waals surface area contributed by atoms with E-state index in [2.05, 4.69) is 0 Å². The first kappa shape index (κ1) is 18.7. The fraction of sp³-hybridized carbons (Fsp3) is 0.300. The quantitative estimate of drug-likeness (QED) is 0.808. The number of nitrogens with zero attached hydrogens (tertiary/aromatic N) is 1. The van der Waals surface area contributed by atoms with Gasteiger partial charge in [0.05, 0.1) is 12.6 Å². The second-order valence-electron chi connectivity index (χ2n) is 5.66. The van der Waals surface area contributed by atoms with Gasteiger partial charge in [0.2, 0.25) is 0 Å². The van der Waals surface area contributed by atoms with E-state index >= 15 is 0 Å². The maximum absolute atomic E-state index is 12.3. The largest absolute Gasteiger partial charge is 0.447 e. The Morgan fingerprint density at radius 3 is 2.28 bits per heavy atom. The standard InChI is InChI=1S/C19H19NO4.CH4/c21-18(14-23-12-16-9-5-2-6-10-16)20-17(13-24-19(20)22)11-15-7-3-1-4-8-15;/h1-10,17H,11-14H2;1H4/t17-;/m0./s1. The smallest absolute Gasteiger partial charge is 0.417 e. The van der Waals surface area contributed by atoms with Crippen molar-refractivity contribution in [3.05, 3.63) is 71.8 Å². The molecule has 0 spiro atoms. The molecular weight excluding hydrogens is 318 g/mol. The van der Waals surface area contributed by atoms with Crippen molar-refractivity contribution in [1.29, 1.82) is 0 Å². The van der Waals surface area contributed by atoms with Crippen LogP contribution in [0.2, 0.25) is 0 Å². The SMILES string of the molecule is C.O=C(COCc1ccccc1)N1C(=O)OC[C@@H]1Cc1ccccc1. The summed E-state index contributed by atoms with van der Waals surface area (Å²) in [5.41, 5.74) is 2.04. The Balaban J connectivity index is 0.00000225. The highest BCUT2D eigenvalue weighted by Crippen LogP contribution is 2.17. The molecule has 1 aliphatic heterocycles. The molecule has 3 rings (SSSR count). The van der Waals surface area contributed by atoms with Gasteiger partial charge in [-0.3, -0.25) is 4.79 Å². The van der Waals surface area contributed by atoms with E-state index in [0.29, 0.717) is 13.0 Å². The summed E-state index contributed by atoms with van der Waals surface area (Å²) in [5.74, 6) is -0.366. The number of carbonyl (C=O) groups excluding carboxylic acids is 2. The number of hydrogen-bond acceptors (Lipinski definition) is 4. The van der Waals surface area contributed by atoms with Crippen molar-refractivity contribution in [2.24, 2.45) is 0 Å². The summed E-state index contributed by atoms with van der Waals surface area (Å²) in [6.07, 6.45) is -0.0129. The van der Waals surface area contributed by atoms with Crippen LogP contribution < -0.4 is 0 Å². The second-order valence-corrected chi connectivity index (χ2v) is 5.66. The number of hydrogen-bond donors (Lipinski definition) is 0. The van der Waals surface area contributed by atoms with Gasteiger partial charge in [0, 0.05) is 0 Å². The first-order valence-corrected chi connectivity index (χ1v) is 7.88. The van der Waals surface area contributed by atoms with Gasteiger partial charge in [0.1, 0.15) is 13.2 Å². The molecule has 132 valence electrons. The van der Waals surface area contributed by atoms with Crippen molar-refractivity contribution in [2.75, 3.05) is 13.2 Å². The molecule has 2 aromatic rings. The summed E-state index contributed by atoms with van der Waals surface area (Å²) >= 11 is 0. The van der Waals surface area contributed by atoms with Gasteiger partial charge in [0.15, 0.2) is 0 Å². The van der Waals surface area contributed by atoms with E-state index in [0.717, 1.165) is 11.1 Å². The maximum Gasteiger partial charge on any atom is 0.417 e. The van der Waals surface area contributed by atoms with Gasteiger partial charge >= 0.3 is 6.09 Å². The highest BCUT2D eigenvalue weighted by molar-refractivity contribution is 5.94. The minimum absolute atomic E-state index is 0. The van der Waals surface area contributed by atoms with Gasteiger partial charge in [-0.2, -0.15) is 0 Å². The van der Waals surface area contributed by atoms with Gasteiger partial charge in [-0.25, -0.2) is 9.69 Å². The van der Waals surface area contributed by atoms with Crippen molar-refractivity contribution >= 4 is 12.0 Å². The van der Waals surface area contributed by atoms with Gasteiger partial charge in [0.25, 0.3) is 5.91 Å². The van der Waals surface area contributed by atoms with Crippen LogP contribution >= 0.6 is 0 Å². The molecule has 1 fully saturated rings. The monoisotopic (exact) mass is 341 g/mol. The number of ether oxygens (including phenoxy) is 2. The zero-order chi connectivity index (χ0) is 16.8. The molecule has 0 radical (unpaired) electrons. The van der Waals surface area contributed by atoms with Crippen molar-refractivity contribution in [1.82, 2.24) is 4.90 Å². The van der Waals surface area contributed by atoms with Crippen molar-refractivity contribution < 1.29 is 19.1 Å². The number of cyclic esters (lactones) is 1. The van der Waals surface area contributed by atoms with E-state index in [1.165, 1.54) is 4.90 Å². The highest BCUT2D eigenvalue weighted by Gasteiger charge is 2.37. The van der Waals surface area contributed by atoms with Gasteiger partial charge in [-0.15, -0.1) is 0 Å². The first-order valence-electron chi connectivity index (χ1n) is 7.88. The fourth-order valence-electron chi connectivity index (χ4n) is 2.70. The van der Waals surface area contributed by atoms with E-state index in [9.17, 15) is 9.59 Å². The molecule has 5 heteroatoms. The predicted molar refractivity (Wildman–Crippen MR) is 95.0 cm³/mol. The lowest BCUT2D eigenvalue weighted by Gasteiger charge is -2.19. The molecule has 1 atom stereocenters. The summed E-state index contributed by atoms with van der Waals surface area (Å²) in [5, 5.41) is 0. The summed E-state index contributed by atoms with van der Waals surface area (Å²) in [6.45, 7) is 0.409. The van der Waals surface area contributed by atoms with E-state index in [1.54, 1.807) is 0 Å². The Hall–Kier alpha value is -2.66. The van der Waals surface area contributed by atoms with Crippen LogP contribution in [0.3, 0.4) is 0 Å². The third-order valence-electron chi connectivity index (χ3n) is 3.88. The topological polar surface area (TPSA) is 55.8 Å². The van der Waals surface area contributed by atoms with Crippen LogP contribution in [0.25, 0.3) is 0 Å². The normalized spacial score (nSPS) is 16.2. The fourth-order valence-corrected chi connectivity index (χ4v) is 2.70. The van der Waals surface area contributed by atoms with E-state index in [1.807, 2.05) is 60.7 Å². The molecule has 2 aromatic carbocycles. The molecule has 0 unspecified atom stereocenters. The van der Waals surface area contributed by atoms with Crippen molar-refractivity contribution in [3.63, 3.8) is 0 Å². The van der Waals surface area contributed by atoms with Gasteiger partial charge < -0.3 is 9.47 Å². The predicted octanol–water partition coefficient (Wildman–Crippen LogP) is 3.43. The number of carbonyl (C=O) groups is 2. The Morgan fingerprint density at radius 2 is 1.64 bits per heavy atom. The molecule has 0 N–H and O–H groups in total. The first-order chi connectivity index (χ1) is 11.7. The van der Waals surface area contributed by atoms with Crippen LogP contribution in [-0.2, 0) is 27.3 Å². The van der Waals surface area contributed by atoms with E-state index in [-0.39, 0.29) is 32.6 Å². The second kappa shape index (κ2) is 8.99. The highest BCUT2D eigenvalue weighted by atomic mass is 16.6. The lowest BCUT2D eigenvalue weighted by atomic mass is 10.1.